The Balaban J connectivity index is -0.000000000495. The Morgan fingerprint density at radius 2 is 0.444 bits per heavy atom. The summed E-state index contributed by atoms with van der Waals surface area (Å²) in [6, 6.07) is 0. The fraction of sp³-hybridized carbons (Fsp3) is 0. The van der Waals surface area contributed by atoms with Crippen molar-refractivity contribution in [2.24, 2.45) is 0 Å². The summed E-state index contributed by atoms with van der Waals surface area (Å²) in [6.07, 6.45) is 0. The van der Waals surface area contributed by atoms with Gasteiger partial charge in [-0.25, -0.2) is 0 Å². The second kappa shape index (κ2) is 544. The van der Waals surface area contributed by atoms with E-state index in [1.54, 1.807) is 0 Å². The summed E-state index contributed by atoms with van der Waals surface area (Å²) in [7, 11) is 0. The van der Waals surface area contributed by atoms with Crippen LogP contribution in [-0.4, -0.2) is 27.3 Å². The summed E-state index contributed by atoms with van der Waals surface area (Å²) in [4.78, 5) is 0. The molecule has 0 aliphatic heterocycles. The molecule has 0 spiro atoms. The van der Waals surface area contributed by atoms with Gasteiger partial charge in [0.2, 0.25) is 0 Å². The molecule has 0 atom stereocenters. The van der Waals surface area contributed by atoms with Gasteiger partial charge in [-0.05, 0) is 0 Å². The van der Waals surface area contributed by atoms with Gasteiger partial charge in [0.15, 0.2) is 0 Å². The van der Waals surface area contributed by atoms with Gasteiger partial charge in [-0.2, -0.15) is 0 Å². The normalized spacial score (nSPS) is 1.94. The third-order valence-corrected chi connectivity index (χ3v) is 0. The number of rotatable bonds is 0. The number of hydrogen-bond acceptors (Lipinski definition) is 9. The van der Waals surface area contributed by atoms with Crippen molar-refractivity contribution < 1.29 is 38.3 Å². The van der Waals surface area contributed by atoms with Crippen LogP contribution in [0.5, 0.6) is 0 Å². The molecule has 0 rings (SSSR count). The maximum absolute atomic E-state index is 8.81. The molecular weight excluding hydrogens is 402 g/mol. The van der Waals surface area contributed by atoms with Crippen LogP contribution in [0.25, 0.3) is 0 Å². The first-order valence-electron chi connectivity index (χ1n) is 0.532. The van der Waals surface area contributed by atoms with E-state index in [4.69, 9.17) is 10.0 Å². The molecule has 0 amide bonds. The Hall–Kier alpha value is -0.230. The van der Waals surface area contributed by atoms with Gasteiger partial charge in [0.1, 0.15) is 0 Å². The van der Waals surface area contributed by atoms with Crippen molar-refractivity contribution in [2.75, 3.05) is 0 Å². The van der Waals surface area contributed by atoms with Crippen molar-refractivity contribution in [1.29, 1.82) is 0 Å². The maximum atomic E-state index is 8.81. The van der Waals surface area contributed by atoms with E-state index in [1.165, 1.54) is 0 Å². The Bertz CT molecular complexity index is 53.8. The average molecular weight is 434 g/mol. The van der Waals surface area contributed by atoms with Crippen LogP contribution in [0.3, 0.4) is 0 Å². The average Bonchev–Trinajstić information content (AvgIpc) is 0.811. The van der Waals surface area contributed by atoms with E-state index in [0.717, 1.165) is 0 Å². The summed E-state index contributed by atoms with van der Waals surface area (Å²) >= 11 is -3.61. The molecule has 0 aromatic rings. The molecular formula is H32F6N8O3Te. The van der Waals surface area contributed by atoms with Crippen molar-refractivity contribution in [3.63, 3.8) is 0 Å². The first kappa shape index (κ1) is 651. The van der Waals surface area contributed by atoms with Crippen LogP contribution >= 0.6 is 0 Å². The Morgan fingerprint density at radius 1 is 0.444 bits per heavy atom. The second-order valence-corrected chi connectivity index (χ2v) is 1.55. The quantitative estimate of drug-likeness (QED) is 0.186. The van der Waals surface area contributed by atoms with E-state index in [-0.39, 0.29) is 77.4 Å². The van der Waals surface area contributed by atoms with Crippen LogP contribution in [0.4, 0.5) is 28.2 Å². The molecule has 0 bridgehead atoms. The first-order chi connectivity index (χ1) is 1.73. The number of halogens is 6. The molecule has 18 heavy (non-hydrogen) atoms. The minimum absolute atomic E-state index is 0. The molecule has 0 unspecified atom stereocenters. The molecule has 0 fully saturated rings. The van der Waals surface area contributed by atoms with Crippen LogP contribution in [0.2, 0.25) is 0 Å². The molecule has 18 heteroatoms. The molecule has 0 heterocycles. The van der Waals surface area contributed by atoms with E-state index in [0.29, 0.717) is 0 Å². The predicted octanol–water partition coefficient (Wildman–Crippen LogP) is 0.597. The van der Waals surface area contributed by atoms with Gasteiger partial charge in [-0.15, -0.1) is 0 Å². The van der Waals surface area contributed by atoms with Gasteiger partial charge < -0.3 is 49.2 Å². The summed E-state index contributed by atoms with van der Waals surface area (Å²) in [5.41, 5.74) is 0. The molecule has 0 aliphatic carbocycles. The fourth-order valence-corrected chi connectivity index (χ4v) is 0. The molecule has 138 valence electrons. The Kier molecular flexibility index (Phi) is 19700. The van der Waals surface area contributed by atoms with E-state index >= 15 is 0 Å². The van der Waals surface area contributed by atoms with E-state index in [1.807, 2.05) is 0 Å². The molecule has 0 radical (unpaired) electrons. The van der Waals surface area contributed by atoms with Crippen LogP contribution in [-0.2, 0) is 3.10 Å². The van der Waals surface area contributed by atoms with Crippen molar-refractivity contribution in [2.45, 2.75) is 0 Å². The summed E-state index contributed by atoms with van der Waals surface area (Å²) in [5, 5.41) is 0. The molecule has 26 N–H and O–H groups in total. The van der Waals surface area contributed by atoms with Gasteiger partial charge in [-0.1, -0.05) is 0 Å². The molecule has 0 aliphatic rings. The fourth-order valence-electron chi connectivity index (χ4n) is 0. The van der Waals surface area contributed by atoms with Crippen molar-refractivity contribution >= 4 is 20.4 Å². The van der Waals surface area contributed by atoms with Gasteiger partial charge >= 0.3 is 30.4 Å². The van der Waals surface area contributed by atoms with Gasteiger partial charge in [0.05, 0.1) is 0 Å². The third kappa shape index (κ3) is 64800. The summed E-state index contributed by atoms with van der Waals surface area (Å²) in [6.45, 7) is 0. The molecule has 0 aromatic heterocycles. The minimum atomic E-state index is -3.61. The standard InChI is InChI=1S/6FH.8H3N.H2O3Te/c;;;;;;;;;;;;;;1-4(2)3/h6*1H;8*1H3;(H2,1,2,3). The Morgan fingerprint density at radius 3 is 0.444 bits per heavy atom. The van der Waals surface area contributed by atoms with E-state index in [2.05, 4.69) is 0 Å². The van der Waals surface area contributed by atoms with Crippen molar-refractivity contribution in [1.82, 2.24) is 49.2 Å². The van der Waals surface area contributed by atoms with Crippen molar-refractivity contribution in [3.8, 4) is 0 Å². The Labute approximate surface area is 108 Å². The van der Waals surface area contributed by atoms with Crippen LogP contribution < -0.4 is 49.2 Å². The zero-order chi connectivity index (χ0) is 3.58. The summed E-state index contributed by atoms with van der Waals surface area (Å²) < 4.78 is 23.3. The van der Waals surface area contributed by atoms with Crippen LogP contribution in [0, 0.1) is 0 Å². The van der Waals surface area contributed by atoms with Gasteiger partial charge in [0.25, 0.3) is 0 Å². The molecule has 0 aromatic carbocycles. The zero-order valence-electron chi connectivity index (χ0n) is 9.82. The summed E-state index contributed by atoms with van der Waals surface area (Å²) in [5.74, 6) is 0. The number of hydrogen-bond donors (Lipinski definition) is 10. The molecule has 0 saturated carbocycles. The predicted molar refractivity (Wildman–Crippen MR) is 66.1 cm³/mol. The van der Waals surface area contributed by atoms with Crippen LogP contribution in [0.15, 0.2) is 0 Å². The van der Waals surface area contributed by atoms with E-state index < -0.39 is 20.4 Å². The topological polar surface area (TPSA) is 338 Å². The molecule has 0 saturated heterocycles. The van der Waals surface area contributed by atoms with Gasteiger partial charge in [-0.3, -0.25) is 28.2 Å². The second-order valence-electron chi connectivity index (χ2n) is 0.231. The monoisotopic (exact) mass is 436 g/mol. The zero-order valence-corrected chi connectivity index (χ0v) is 12.1. The van der Waals surface area contributed by atoms with E-state index in [9.17, 15) is 0 Å². The SMILES string of the molecule is F.F.F.F.F.F.N.N.N.N.N.N.N.N.O=[Te](O)O. The van der Waals surface area contributed by atoms with Crippen molar-refractivity contribution in [3.05, 3.63) is 0 Å². The van der Waals surface area contributed by atoms with Gasteiger partial charge in [0, 0.05) is 0 Å². The molecule has 11 nitrogen and oxygen atoms in total. The first-order valence-corrected chi connectivity index (χ1v) is 3.57. The third-order valence-electron chi connectivity index (χ3n) is 0. The van der Waals surface area contributed by atoms with Crippen LogP contribution in [0.1, 0.15) is 0 Å².